The highest BCUT2D eigenvalue weighted by Gasteiger charge is 2.10. The molecule has 0 spiro atoms. The van der Waals surface area contributed by atoms with Crippen molar-refractivity contribution in [3.63, 3.8) is 0 Å². The number of benzene rings is 2. The molecule has 1 aromatic heterocycles. The van der Waals surface area contributed by atoms with Gasteiger partial charge in [0.15, 0.2) is 0 Å². The van der Waals surface area contributed by atoms with Gasteiger partial charge in [-0.2, -0.15) is 0 Å². The highest BCUT2D eigenvalue weighted by atomic mass is 79.9. The summed E-state index contributed by atoms with van der Waals surface area (Å²) in [5, 5.41) is 3.97. The Bertz CT molecular complexity index is 841. The summed E-state index contributed by atoms with van der Waals surface area (Å²) in [6.45, 7) is 3.91. The second kappa shape index (κ2) is 5.58. The van der Waals surface area contributed by atoms with Crippen LogP contribution in [0.1, 0.15) is 20.9 Å². The summed E-state index contributed by atoms with van der Waals surface area (Å²) in [7, 11) is 0. The molecule has 3 rings (SSSR count). The summed E-state index contributed by atoms with van der Waals surface area (Å²) in [5.74, 6) is -0.102. The zero-order chi connectivity index (χ0) is 15.0. The van der Waals surface area contributed by atoms with Gasteiger partial charge in [-0.3, -0.25) is 4.79 Å². The highest BCUT2D eigenvalue weighted by Crippen LogP contribution is 2.25. The van der Waals surface area contributed by atoms with Crippen LogP contribution in [0.5, 0.6) is 0 Å². The van der Waals surface area contributed by atoms with E-state index in [1.165, 1.54) is 0 Å². The summed E-state index contributed by atoms with van der Waals surface area (Å²) in [4.78, 5) is 16.8. The van der Waals surface area contributed by atoms with Gasteiger partial charge in [-0.05, 0) is 49.7 Å². The van der Waals surface area contributed by atoms with Gasteiger partial charge >= 0.3 is 0 Å². The van der Waals surface area contributed by atoms with Gasteiger partial charge in [0.2, 0.25) is 0 Å². The number of aromatic nitrogens is 1. The smallest absolute Gasteiger partial charge is 0.255 e. The molecule has 3 nitrogen and oxygen atoms in total. The number of aryl methyl sites for hydroxylation is 2. The molecule has 0 bridgehead atoms. The van der Waals surface area contributed by atoms with E-state index >= 15 is 0 Å². The monoisotopic (exact) mass is 360 g/mol. The topological polar surface area (TPSA) is 42.0 Å². The van der Waals surface area contributed by atoms with E-state index in [2.05, 4.69) is 26.2 Å². The van der Waals surface area contributed by atoms with E-state index in [0.29, 0.717) is 5.56 Å². The SMILES string of the molecule is Cc1nc2ccc(NC(=O)c3cc(Br)ccc3C)cc2s1. The molecule has 0 atom stereocenters. The molecule has 1 amide bonds. The first-order valence-electron chi connectivity index (χ1n) is 6.47. The Morgan fingerprint density at radius 2 is 2.00 bits per heavy atom. The van der Waals surface area contributed by atoms with Gasteiger partial charge in [-0.25, -0.2) is 4.98 Å². The Kier molecular flexibility index (Phi) is 3.78. The molecular weight excluding hydrogens is 348 g/mol. The first-order chi connectivity index (χ1) is 10.0. The van der Waals surface area contributed by atoms with Crippen LogP contribution in [-0.4, -0.2) is 10.9 Å². The summed E-state index contributed by atoms with van der Waals surface area (Å²) in [6, 6.07) is 11.5. The molecule has 0 aliphatic carbocycles. The van der Waals surface area contributed by atoms with Crippen LogP contribution in [0.2, 0.25) is 0 Å². The number of carbonyl (C=O) groups excluding carboxylic acids is 1. The van der Waals surface area contributed by atoms with Crippen LogP contribution in [0.4, 0.5) is 5.69 Å². The Hall–Kier alpha value is -1.72. The number of halogens is 1. The van der Waals surface area contributed by atoms with Gasteiger partial charge in [0, 0.05) is 15.7 Å². The molecule has 0 unspecified atom stereocenters. The van der Waals surface area contributed by atoms with Gasteiger partial charge < -0.3 is 5.32 Å². The van der Waals surface area contributed by atoms with E-state index in [0.717, 1.165) is 30.9 Å². The predicted octanol–water partition coefficient (Wildman–Crippen LogP) is 4.93. The Balaban J connectivity index is 1.90. The summed E-state index contributed by atoms with van der Waals surface area (Å²) >= 11 is 5.02. The summed E-state index contributed by atoms with van der Waals surface area (Å²) < 4.78 is 1.98. The van der Waals surface area contributed by atoms with E-state index in [9.17, 15) is 4.79 Å². The zero-order valence-corrected chi connectivity index (χ0v) is 14.0. The van der Waals surface area contributed by atoms with Crippen molar-refractivity contribution in [1.82, 2.24) is 4.98 Å². The van der Waals surface area contributed by atoms with Gasteiger partial charge in [0.05, 0.1) is 15.2 Å². The lowest BCUT2D eigenvalue weighted by atomic mass is 10.1. The van der Waals surface area contributed by atoms with E-state index in [4.69, 9.17) is 0 Å². The van der Waals surface area contributed by atoms with E-state index < -0.39 is 0 Å². The minimum atomic E-state index is -0.102. The lowest BCUT2D eigenvalue weighted by Gasteiger charge is -2.08. The normalized spacial score (nSPS) is 10.8. The van der Waals surface area contributed by atoms with Gasteiger partial charge in [0.25, 0.3) is 5.91 Å². The van der Waals surface area contributed by atoms with Crippen molar-refractivity contribution in [1.29, 1.82) is 0 Å². The Morgan fingerprint density at radius 1 is 1.19 bits per heavy atom. The van der Waals surface area contributed by atoms with Crippen molar-refractivity contribution in [2.45, 2.75) is 13.8 Å². The largest absolute Gasteiger partial charge is 0.322 e. The molecule has 0 saturated heterocycles. The van der Waals surface area contributed by atoms with Crippen LogP contribution < -0.4 is 5.32 Å². The molecule has 0 radical (unpaired) electrons. The van der Waals surface area contributed by atoms with E-state index in [-0.39, 0.29) is 5.91 Å². The summed E-state index contributed by atoms with van der Waals surface area (Å²) in [5.41, 5.74) is 3.38. The molecule has 3 aromatic rings. The number of hydrogen-bond donors (Lipinski definition) is 1. The van der Waals surface area contributed by atoms with Gasteiger partial charge in [-0.1, -0.05) is 22.0 Å². The molecule has 0 fully saturated rings. The second-order valence-corrected chi connectivity index (χ2v) is 6.98. The number of rotatable bonds is 2. The lowest BCUT2D eigenvalue weighted by Crippen LogP contribution is -2.13. The molecule has 0 aliphatic rings. The molecule has 21 heavy (non-hydrogen) atoms. The fourth-order valence-corrected chi connectivity index (χ4v) is 3.38. The molecule has 5 heteroatoms. The van der Waals surface area contributed by atoms with E-state index in [1.807, 2.05) is 50.2 Å². The average molecular weight is 361 g/mol. The third-order valence-corrected chi connectivity index (χ3v) is 4.62. The highest BCUT2D eigenvalue weighted by molar-refractivity contribution is 9.10. The number of nitrogens with zero attached hydrogens (tertiary/aromatic N) is 1. The van der Waals surface area contributed by atoms with Crippen molar-refractivity contribution < 1.29 is 4.79 Å². The first kappa shape index (κ1) is 14.2. The average Bonchev–Trinajstić information content (AvgIpc) is 2.80. The van der Waals surface area contributed by atoms with Gasteiger partial charge in [0.1, 0.15) is 0 Å². The molecule has 1 heterocycles. The molecule has 0 saturated carbocycles. The standard InChI is InChI=1S/C16H13BrN2OS/c1-9-3-4-11(17)7-13(9)16(20)19-12-5-6-14-15(8-12)21-10(2)18-14/h3-8H,1-2H3,(H,19,20). The first-order valence-corrected chi connectivity index (χ1v) is 8.08. The predicted molar refractivity (Wildman–Crippen MR) is 91.2 cm³/mol. The maximum absolute atomic E-state index is 12.4. The fourth-order valence-electron chi connectivity index (χ4n) is 2.15. The van der Waals surface area contributed by atoms with Crippen LogP contribution in [0.25, 0.3) is 10.2 Å². The number of carbonyl (C=O) groups is 1. The number of amides is 1. The maximum Gasteiger partial charge on any atom is 0.255 e. The van der Waals surface area contributed by atoms with Crippen molar-refractivity contribution in [3.05, 3.63) is 57.0 Å². The third kappa shape index (κ3) is 2.99. The van der Waals surface area contributed by atoms with Crippen LogP contribution in [0, 0.1) is 13.8 Å². The van der Waals surface area contributed by atoms with Crippen LogP contribution >= 0.6 is 27.3 Å². The molecule has 106 valence electrons. The molecular formula is C16H13BrN2OS. The van der Waals surface area contributed by atoms with Crippen molar-refractivity contribution in [3.8, 4) is 0 Å². The number of anilines is 1. The van der Waals surface area contributed by atoms with E-state index in [1.54, 1.807) is 11.3 Å². The lowest BCUT2D eigenvalue weighted by molar-refractivity contribution is 0.102. The minimum absolute atomic E-state index is 0.102. The number of nitrogens with one attached hydrogen (secondary N) is 1. The number of fused-ring (bicyclic) bond motifs is 1. The van der Waals surface area contributed by atoms with Crippen LogP contribution in [0.15, 0.2) is 40.9 Å². The summed E-state index contributed by atoms with van der Waals surface area (Å²) in [6.07, 6.45) is 0. The zero-order valence-electron chi connectivity index (χ0n) is 11.6. The van der Waals surface area contributed by atoms with Crippen LogP contribution in [0.3, 0.4) is 0 Å². The number of hydrogen-bond acceptors (Lipinski definition) is 3. The molecule has 1 N–H and O–H groups in total. The van der Waals surface area contributed by atoms with Crippen LogP contribution in [-0.2, 0) is 0 Å². The second-order valence-electron chi connectivity index (χ2n) is 4.83. The minimum Gasteiger partial charge on any atom is -0.322 e. The maximum atomic E-state index is 12.4. The molecule has 0 aliphatic heterocycles. The van der Waals surface area contributed by atoms with Crippen molar-refractivity contribution in [2.75, 3.05) is 5.32 Å². The number of thiazole rings is 1. The molecule has 2 aromatic carbocycles. The van der Waals surface area contributed by atoms with Crippen molar-refractivity contribution in [2.24, 2.45) is 0 Å². The fraction of sp³-hybridized carbons (Fsp3) is 0.125. The third-order valence-electron chi connectivity index (χ3n) is 3.20. The van der Waals surface area contributed by atoms with Gasteiger partial charge in [-0.15, -0.1) is 11.3 Å². The quantitative estimate of drug-likeness (QED) is 0.703. The van der Waals surface area contributed by atoms with Crippen molar-refractivity contribution >= 4 is 49.1 Å². The Morgan fingerprint density at radius 3 is 2.81 bits per heavy atom. The Labute approximate surface area is 135 Å².